The van der Waals surface area contributed by atoms with Gasteiger partial charge in [-0.25, -0.2) is 4.79 Å². The van der Waals surface area contributed by atoms with E-state index in [2.05, 4.69) is 41.8 Å². The number of aryl methyl sites for hydroxylation is 1. The molecule has 20 heavy (non-hydrogen) atoms. The van der Waals surface area contributed by atoms with Crippen molar-refractivity contribution in [1.29, 1.82) is 0 Å². The first-order chi connectivity index (χ1) is 9.35. The summed E-state index contributed by atoms with van der Waals surface area (Å²) in [4.78, 5) is 11.9. The van der Waals surface area contributed by atoms with Gasteiger partial charge in [-0.3, -0.25) is 0 Å². The van der Waals surface area contributed by atoms with Crippen molar-refractivity contribution in [2.24, 2.45) is 0 Å². The number of benzene rings is 1. The van der Waals surface area contributed by atoms with Gasteiger partial charge in [0.1, 0.15) is 5.60 Å². The molecule has 2 atom stereocenters. The molecule has 1 fully saturated rings. The fourth-order valence-electron chi connectivity index (χ4n) is 2.45. The van der Waals surface area contributed by atoms with Crippen LogP contribution in [0.2, 0.25) is 0 Å². The van der Waals surface area contributed by atoms with Crippen LogP contribution < -0.4 is 10.6 Å². The Morgan fingerprint density at radius 1 is 1.25 bits per heavy atom. The minimum Gasteiger partial charge on any atom is -0.444 e. The van der Waals surface area contributed by atoms with E-state index in [0.717, 1.165) is 13.1 Å². The van der Waals surface area contributed by atoms with Gasteiger partial charge in [-0.2, -0.15) is 0 Å². The van der Waals surface area contributed by atoms with Gasteiger partial charge in [0.05, 0.1) is 6.04 Å². The molecule has 110 valence electrons. The SMILES string of the molecule is Cc1ccc([C@@H]2CNC[C@@H]2NC(=O)OC(C)(C)C)cc1. The molecule has 0 bridgehead atoms. The number of alkyl carbamates (subject to hydrolysis) is 1. The van der Waals surface area contributed by atoms with E-state index in [4.69, 9.17) is 4.74 Å². The second-order valence-corrected chi connectivity index (χ2v) is 6.43. The molecule has 1 saturated heterocycles. The minimum absolute atomic E-state index is 0.0764. The molecule has 0 unspecified atom stereocenters. The third kappa shape index (κ3) is 3.97. The minimum atomic E-state index is -0.463. The molecule has 0 saturated carbocycles. The standard InChI is InChI=1S/C16H24N2O2/c1-11-5-7-12(8-6-11)13-9-17-10-14(13)18-15(19)20-16(2,3)4/h5-8,13-14,17H,9-10H2,1-4H3,(H,18,19)/t13-,14-/m0/s1. The van der Waals surface area contributed by atoms with E-state index in [9.17, 15) is 4.79 Å². The fraction of sp³-hybridized carbons (Fsp3) is 0.562. The topological polar surface area (TPSA) is 50.4 Å². The van der Waals surface area contributed by atoms with Crippen LogP contribution in [-0.4, -0.2) is 30.8 Å². The summed E-state index contributed by atoms with van der Waals surface area (Å²) in [7, 11) is 0. The average Bonchev–Trinajstić information content (AvgIpc) is 2.75. The Kier molecular flexibility index (Phi) is 4.33. The molecule has 1 aliphatic heterocycles. The van der Waals surface area contributed by atoms with Crippen LogP contribution in [0.3, 0.4) is 0 Å². The summed E-state index contributed by atoms with van der Waals surface area (Å²) in [5.74, 6) is 0.295. The van der Waals surface area contributed by atoms with Crippen molar-refractivity contribution in [1.82, 2.24) is 10.6 Å². The molecule has 0 spiro atoms. The second-order valence-electron chi connectivity index (χ2n) is 6.43. The highest BCUT2D eigenvalue weighted by Gasteiger charge is 2.30. The van der Waals surface area contributed by atoms with Crippen LogP contribution in [0, 0.1) is 6.92 Å². The van der Waals surface area contributed by atoms with Crippen molar-refractivity contribution in [3.05, 3.63) is 35.4 Å². The maximum atomic E-state index is 11.9. The third-order valence-electron chi connectivity index (χ3n) is 3.42. The van der Waals surface area contributed by atoms with E-state index >= 15 is 0 Å². The number of amides is 1. The summed E-state index contributed by atoms with van der Waals surface area (Å²) in [5.41, 5.74) is 2.04. The molecule has 1 amide bonds. The van der Waals surface area contributed by atoms with Crippen molar-refractivity contribution in [2.45, 2.75) is 45.3 Å². The smallest absolute Gasteiger partial charge is 0.407 e. The monoisotopic (exact) mass is 276 g/mol. The highest BCUT2D eigenvalue weighted by atomic mass is 16.6. The molecule has 4 heteroatoms. The average molecular weight is 276 g/mol. The van der Waals surface area contributed by atoms with Crippen LogP contribution >= 0.6 is 0 Å². The van der Waals surface area contributed by atoms with Crippen LogP contribution in [0.15, 0.2) is 24.3 Å². The number of hydrogen-bond acceptors (Lipinski definition) is 3. The zero-order chi connectivity index (χ0) is 14.8. The van der Waals surface area contributed by atoms with E-state index in [0.29, 0.717) is 5.92 Å². The number of carbonyl (C=O) groups excluding carboxylic acids is 1. The lowest BCUT2D eigenvalue weighted by Crippen LogP contribution is -2.42. The third-order valence-corrected chi connectivity index (χ3v) is 3.42. The number of rotatable bonds is 2. The molecule has 2 rings (SSSR count). The lowest BCUT2D eigenvalue weighted by molar-refractivity contribution is 0.0504. The van der Waals surface area contributed by atoms with Crippen LogP contribution in [0.4, 0.5) is 4.79 Å². The van der Waals surface area contributed by atoms with E-state index in [1.54, 1.807) is 0 Å². The van der Waals surface area contributed by atoms with Crippen LogP contribution in [0.1, 0.15) is 37.8 Å². The number of ether oxygens (including phenoxy) is 1. The first-order valence-electron chi connectivity index (χ1n) is 7.12. The van der Waals surface area contributed by atoms with Gasteiger partial charge >= 0.3 is 6.09 Å². The summed E-state index contributed by atoms with van der Waals surface area (Å²) in [6, 6.07) is 8.57. The van der Waals surface area contributed by atoms with E-state index in [1.807, 2.05) is 20.8 Å². The van der Waals surface area contributed by atoms with Gasteiger partial charge < -0.3 is 15.4 Å². The van der Waals surface area contributed by atoms with Crippen molar-refractivity contribution < 1.29 is 9.53 Å². The van der Waals surface area contributed by atoms with Gasteiger partial charge in [0.15, 0.2) is 0 Å². The number of hydrogen-bond donors (Lipinski definition) is 2. The van der Waals surface area contributed by atoms with Crippen molar-refractivity contribution >= 4 is 6.09 Å². The van der Waals surface area contributed by atoms with E-state index in [1.165, 1.54) is 11.1 Å². The Labute approximate surface area is 120 Å². The Bertz CT molecular complexity index is 462. The van der Waals surface area contributed by atoms with Gasteiger partial charge in [-0.05, 0) is 33.3 Å². The van der Waals surface area contributed by atoms with Crippen LogP contribution in [0.5, 0.6) is 0 Å². The lowest BCUT2D eigenvalue weighted by Gasteiger charge is -2.24. The van der Waals surface area contributed by atoms with Crippen molar-refractivity contribution in [3.8, 4) is 0 Å². The summed E-state index contributed by atoms with van der Waals surface area (Å²) in [6.07, 6.45) is -0.344. The molecule has 1 aromatic rings. The summed E-state index contributed by atoms with van der Waals surface area (Å²) in [5, 5.41) is 6.31. The molecule has 0 aromatic heterocycles. The Balaban J connectivity index is 2.00. The van der Waals surface area contributed by atoms with E-state index < -0.39 is 5.60 Å². The van der Waals surface area contributed by atoms with Crippen molar-refractivity contribution in [2.75, 3.05) is 13.1 Å². The molecule has 1 aromatic carbocycles. The largest absolute Gasteiger partial charge is 0.444 e. The highest BCUT2D eigenvalue weighted by molar-refractivity contribution is 5.68. The predicted molar refractivity (Wildman–Crippen MR) is 79.9 cm³/mol. The molecule has 1 heterocycles. The molecule has 1 aliphatic rings. The van der Waals surface area contributed by atoms with Gasteiger partial charge in [0.2, 0.25) is 0 Å². The Morgan fingerprint density at radius 3 is 2.50 bits per heavy atom. The summed E-state index contributed by atoms with van der Waals surface area (Å²) < 4.78 is 5.33. The highest BCUT2D eigenvalue weighted by Crippen LogP contribution is 2.23. The summed E-state index contributed by atoms with van der Waals surface area (Å²) in [6.45, 7) is 9.35. The molecule has 0 aliphatic carbocycles. The zero-order valence-electron chi connectivity index (χ0n) is 12.7. The maximum Gasteiger partial charge on any atom is 0.407 e. The fourth-order valence-corrected chi connectivity index (χ4v) is 2.45. The molecular weight excluding hydrogens is 252 g/mol. The van der Waals surface area contributed by atoms with Crippen LogP contribution in [-0.2, 0) is 4.74 Å². The zero-order valence-corrected chi connectivity index (χ0v) is 12.7. The van der Waals surface area contributed by atoms with Gasteiger partial charge in [0, 0.05) is 19.0 Å². The quantitative estimate of drug-likeness (QED) is 0.873. The first kappa shape index (κ1) is 14.9. The van der Waals surface area contributed by atoms with Gasteiger partial charge in [-0.1, -0.05) is 29.8 Å². The Hall–Kier alpha value is -1.55. The van der Waals surface area contributed by atoms with Gasteiger partial charge in [0.25, 0.3) is 0 Å². The predicted octanol–water partition coefficient (Wildman–Crippen LogP) is 2.58. The lowest BCUT2D eigenvalue weighted by atomic mass is 9.94. The Morgan fingerprint density at radius 2 is 1.90 bits per heavy atom. The molecule has 0 radical (unpaired) electrons. The van der Waals surface area contributed by atoms with E-state index in [-0.39, 0.29) is 12.1 Å². The number of carbonyl (C=O) groups is 1. The van der Waals surface area contributed by atoms with Gasteiger partial charge in [-0.15, -0.1) is 0 Å². The molecule has 4 nitrogen and oxygen atoms in total. The second kappa shape index (κ2) is 5.83. The summed E-state index contributed by atoms with van der Waals surface area (Å²) >= 11 is 0. The van der Waals surface area contributed by atoms with Crippen LogP contribution in [0.25, 0.3) is 0 Å². The molecular formula is C16H24N2O2. The first-order valence-corrected chi connectivity index (χ1v) is 7.12. The number of nitrogens with one attached hydrogen (secondary N) is 2. The normalized spacial score (nSPS) is 22.6. The maximum absolute atomic E-state index is 11.9. The molecule has 2 N–H and O–H groups in total. The van der Waals surface area contributed by atoms with Crippen molar-refractivity contribution in [3.63, 3.8) is 0 Å².